The van der Waals surface area contributed by atoms with Crippen molar-refractivity contribution in [3.63, 3.8) is 0 Å². The van der Waals surface area contributed by atoms with E-state index in [2.05, 4.69) is 62.6 Å². The molecule has 1 atom stereocenters. The summed E-state index contributed by atoms with van der Waals surface area (Å²) in [6, 6.07) is 8.75. The van der Waals surface area contributed by atoms with Gasteiger partial charge in [0, 0.05) is 16.9 Å². The van der Waals surface area contributed by atoms with Gasteiger partial charge in [0.25, 0.3) is 0 Å². The SMILES string of the molecule is CNC(C)Cc1noc(C2(c3ccc(Br)cc3)CC2)n1. The maximum absolute atomic E-state index is 5.52. The van der Waals surface area contributed by atoms with Crippen LogP contribution >= 0.6 is 15.9 Å². The van der Waals surface area contributed by atoms with Gasteiger partial charge in [-0.1, -0.05) is 33.2 Å². The Hall–Kier alpha value is -1.20. The lowest BCUT2D eigenvalue weighted by molar-refractivity contribution is 0.354. The van der Waals surface area contributed by atoms with Crippen molar-refractivity contribution in [2.45, 2.75) is 37.6 Å². The summed E-state index contributed by atoms with van der Waals surface area (Å²) in [5.74, 6) is 1.54. The van der Waals surface area contributed by atoms with Gasteiger partial charge in [0.15, 0.2) is 5.82 Å². The molecule has 1 fully saturated rings. The second-order valence-electron chi connectivity index (χ2n) is 5.50. The summed E-state index contributed by atoms with van der Waals surface area (Å²) in [7, 11) is 1.94. The lowest BCUT2D eigenvalue weighted by Gasteiger charge is -2.10. The first kappa shape index (κ1) is 13.8. The van der Waals surface area contributed by atoms with Gasteiger partial charge in [0.05, 0.1) is 5.41 Å². The molecule has 1 saturated carbocycles. The van der Waals surface area contributed by atoms with Gasteiger partial charge in [-0.2, -0.15) is 4.98 Å². The van der Waals surface area contributed by atoms with Gasteiger partial charge < -0.3 is 9.84 Å². The molecule has 106 valence electrons. The number of rotatable bonds is 5. The number of nitrogens with zero attached hydrogens (tertiary/aromatic N) is 2. The molecule has 0 radical (unpaired) electrons. The van der Waals surface area contributed by atoms with Crippen molar-refractivity contribution in [3.05, 3.63) is 46.0 Å². The summed E-state index contributed by atoms with van der Waals surface area (Å²) >= 11 is 3.47. The Balaban J connectivity index is 1.83. The van der Waals surface area contributed by atoms with Crippen molar-refractivity contribution >= 4 is 15.9 Å². The molecule has 5 heteroatoms. The Morgan fingerprint density at radius 2 is 2.05 bits per heavy atom. The highest BCUT2D eigenvalue weighted by atomic mass is 79.9. The quantitative estimate of drug-likeness (QED) is 0.912. The van der Waals surface area contributed by atoms with E-state index in [0.717, 1.165) is 35.5 Å². The van der Waals surface area contributed by atoms with Crippen LogP contribution in [0.5, 0.6) is 0 Å². The maximum atomic E-state index is 5.52. The fourth-order valence-electron chi connectivity index (χ4n) is 2.43. The molecule has 4 nitrogen and oxygen atoms in total. The first-order valence-electron chi connectivity index (χ1n) is 6.90. The average molecular weight is 336 g/mol. The lowest BCUT2D eigenvalue weighted by Crippen LogP contribution is -2.24. The zero-order chi connectivity index (χ0) is 14.2. The Bertz CT molecular complexity index is 589. The fraction of sp³-hybridized carbons (Fsp3) is 0.467. The molecular weight excluding hydrogens is 318 g/mol. The van der Waals surface area contributed by atoms with Crippen LogP contribution in [0.15, 0.2) is 33.3 Å². The predicted molar refractivity (Wildman–Crippen MR) is 80.7 cm³/mol. The van der Waals surface area contributed by atoms with Crippen molar-refractivity contribution in [1.82, 2.24) is 15.5 Å². The molecule has 0 aliphatic heterocycles. The third kappa shape index (κ3) is 2.52. The van der Waals surface area contributed by atoms with E-state index >= 15 is 0 Å². The van der Waals surface area contributed by atoms with Gasteiger partial charge in [-0.25, -0.2) is 0 Å². The van der Waals surface area contributed by atoms with E-state index in [-0.39, 0.29) is 5.41 Å². The molecule has 3 rings (SSSR count). The van der Waals surface area contributed by atoms with E-state index in [4.69, 9.17) is 4.52 Å². The molecule has 1 N–H and O–H groups in total. The van der Waals surface area contributed by atoms with Crippen LogP contribution in [-0.4, -0.2) is 23.2 Å². The van der Waals surface area contributed by atoms with E-state index in [0.29, 0.717) is 6.04 Å². The predicted octanol–water partition coefficient (Wildman–Crippen LogP) is 3.06. The Labute approximate surface area is 127 Å². The Morgan fingerprint density at radius 3 is 2.65 bits per heavy atom. The summed E-state index contributed by atoms with van der Waals surface area (Å²) in [6.07, 6.45) is 2.95. The van der Waals surface area contributed by atoms with Gasteiger partial charge in [0.2, 0.25) is 5.89 Å². The normalized spacial score (nSPS) is 17.9. The summed E-state index contributed by atoms with van der Waals surface area (Å²) in [4.78, 5) is 4.60. The second kappa shape index (κ2) is 5.30. The largest absolute Gasteiger partial charge is 0.338 e. The van der Waals surface area contributed by atoms with E-state index < -0.39 is 0 Å². The van der Waals surface area contributed by atoms with Crippen molar-refractivity contribution in [2.75, 3.05) is 7.05 Å². The molecule has 1 aliphatic carbocycles. The Morgan fingerprint density at radius 1 is 1.35 bits per heavy atom. The van der Waals surface area contributed by atoms with E-state index in [1.165, 1.54) is 5.56 Å². The highest BCUT2D eigenvalue weighted by Crippen LogP contribution is 2.52. The topological polar surface area (TPSA) is 51.0 Å². The van der Waals surface area contributed by atoms with Gasteiger partial charge in [-0.15, -0.1) is 0 Å². The van der Waals surface area contributed by atoms with Crippen LogP contribution in [0.3, 0.4) is 0 Å². The lowest BCUT2D eigenvalue weighted by atomic mass is 9.96. The van der Waals surface area contributed by atoms with Gasteiger partial charge in [0.1, 0.15) is 0 Å². The second-order valence-corrected chi connectivity index (χ2v) is 6.41. The van der Waals surface area contributed by atoms with E-state index in [1.807, 2.05) is 7.05 Å². The standard InChI is InChI=1S/C15H18BrN3O/c1-10(17-2)9-13-18-14(20-19-13)15(7-8-15)11-3-5-12(16)6-4-11/h3-6,10,17H,7-9H2,1-2H3. The van der Waals surface area contributed by atoms with Crippen LogP contribution < -0.4 is 5.32 Å². The molecule has 1 unspecified atom stereocenters. The first-order chi connectivity index (χ1) is 9.64. The molecule has 0 spiro atoms. The zero-order valence-electron chi connectivity index (χ0n) is 11.7. The van der Waals surface area contributed by atoms with Crippen LogP contribution in [-0.2, 0) is 11.8 Å². The fourth-order valence-corrected chi connectivity index (χ4v) is 2.69. The summed E-state index contributed by atoms with van der Waals surface area (Å²) in [6.45, 7) is 2.11. The Kier molecular flexibility index (Phi) is 3.65. The number of hydrogen-bond acceptors (Lipinski definition) is 4. The number of nitrogens with one attached hydrogen (secondary N) is 1. The molecule has 20 heavy (non-hydrogen) atoms. The average Bonchev–Trinajstić information content (AvgIpc) is 3.13. The van der Waals surface area contributed by atoms with Gasteiger partial charge in [-0.05, 0) is 44.5 Å². The third-order valence-corrected chi connectivity index (χ3v) is 4.53. The van der Waals surface area contributed by atoms with Gasteiger partial charge in [-0.3, -0.25) is 0 Å². The van der Waals surface area contributed by atoms with Crippen molar-refractivity contribution in [3.8, 4) is 0 Å². The molecule has 1 aromatic carbocycles. The smallest absolute Gasteiger partial charge is 0.237 e. The van der Waals surface area contributed by atoms with Crippen molar-refractivity contribution in [2.24, 2.45) is 0 Å². The molecule has 1 aromatic heterocycles. The van der Waals surface area contributed by atoms with Gasteiger partial charge >= 0.3 is 0 Å². The van der Waals surface area contributed by atoms with E-state index in [1.54, 1.807) is 0 Å². The maximum Gasteiger partial charge on any atom is 0.237 e. The molecule has 0 amide bonds. The van der Waals surface area contributed by atoms with Crippen molar-refractivity contribution < 1.29 is 4.52 Å². The van der Waals surface area contributed by atoms with Crippen LogP contribution in [0.2, 0.25) is 0 Å². The minimum Gasteiger partial charge on any atom is -0.338 e. The minimum absolute atomic E-state index is 0.0468. The molecule has 1 heterocycles. The summed E-state index contributed by atoms with van der Waals surface area (Å²) in [5.41, 5.74) is 1.21. The highest BCUT2D eigenvalue weighted by Gasteiger charge is 2.50. The summed E-state index contributed by atoms with van der Waals surface area (Å²) < 4.78 is 6.61. The monoisotopic (exact) mass is 335 g/mol. The zero-order valence-corrected chi connectivity index (χ0v) is 13.3. The molecule has 1 aliphatic rings. The van der Waals surface area contributed by atoms with Crippen LogP contribution in [0.25, 0.3) is 0 Å². The van der Waals surface area contributed by atoms with Crippen LogP contribution in [0.4, 0.5) is 0 Å². The van der Waals surface area contributed by atoms with Crippen LogP contribution in [0, 0.1) is 0 Å². The third-order valence-electron chi connectivity index (χ3n) is 4.01. The molecule has 2 aromatic rings. The number of likely N-dealkylation sites (N-methyl/N-ethyl adjacent to an activating group) is 1. The molecule has 0 bridgehead atoms. The highest BCUT2D eigenvalue weighted by molar-refractivity contribution is 9.10. The first-order valence-corrected chi connectivity index (χ1v) is 7.70. The van der Waals surface area contributed by atoms with Crippen molar-refractivity contribution in [1.29, 1.82) is 0 Å². The number of hydrogen-bond donors (Lipinski definition) is 1. The number of aromatic nitrogens is 2. The number of benzene rings is 1. The van der Waals surface area contributed by atoms with E-state index in [9.17, 15) is 0 Å². The molecule has 0 saturated heterocycles. The summed E-state index contributed by atoms with van der Waals surface area (Å²) in [5, 5.41) is 7.31. The number of halogens is 1. The minimum atomic E-state index is -0.0468. The molecular formula is C15H18BrN3O. The van der Waals surface area contributed by atoms with Crippen LogP contribution in [0.1, 0.15) is 37.0 Å².